The number of thioether (sulfide) groups is 2. The second kappa shape index (κ2) is 13.4. The monoisotopic (exact) mass is 520 g/mol. The van der Waals surface area contributed by atoms with Crippen molar-refractivity contribution in [1.29, 1.82) is 0 Å². The Hall–Kier alpha value is -0.300. The van der Waals surface area contributed by atoms with Gasteiger partial charge in [0, 0.05) is 46.6 Å². The molecule has 0 aromatic rings. The summed E-state index contributed by atoms with van der Waals surface area (Å²) in [6.07, 6.45) is -0.982. The fourth-order valence-corrected chi connectivity index (χ4v) is 5.18. The van der Waals surface area contributed by atoms with Gasteiger partial charge >= 0.3 is 12.2 Å². The SMILES string of the molecule is CC1(CSCCOCCOCCOCCSCC2(C)COC(=O)N2Cl)COC(=O)N1Cl. The number of cyclic esters (lactones) is 2. The zero-order valence-electron chi connectivity index (χ0n) is 17.8. The zero-order chi connectivity index (χ0) is 22.7. The Bertz CT molecular complexity index is 547. The van der Waals surface area contributed by atoms with Crippen molar-refractivity contribution in [3.8, 4) is 0 Å². The van der Waals surface area contributed by atoms with Gasteiger partial charge in [0.2, 0.25) is 0 Å². The third-order valence-electron chi connectivity index (χ3n) is 4.60. The largest absolute Gasteiger partial charge is 0.446 e. The van der Waals surface area contributed by atoms with Crippen molar-refractivity contribution in [2.75, 3.05) is 75.9 Å². The average Bonchev–Trinajstić information content (AvgIpc) is 3.16. The van der Waals surface area contributed by atoms with Crippen LogP contribution in [0.5, 0.6) is 0 Å². The summed E-state index contributed by atoms with van der Waals surface area (Å²) in [5.41, 5.74) is -0.950. The Balaban J connectivity index is 1.32. The third-order valence-corrected chi connectivity index (χ3v) is 8.25. The minimum absolute atomic E-state index is 0.305. The van der Waals surface area contributed by atoms with Gasteiger partial charge in [-0.3, -0.25) is 0 Å². The van der Waals surface area contributed by atoms with Gasteiger partial charge in [-0.25, -0.2) is 18.4 Å². The van der Waals surface area contributed by atoms with Crippen molar-refractivity contribution in [1.82, 2.24) is 8.84 Å². The highest BCUT2D eigenvalue weighted by Gasteiger charge is 2.44. The van der Waals surface area contributed by atoms with Gasteiger partial charge < -0.3 is 23.7 Å². The van der Waals surface area contributed by atoms with E-state index in [4.69, 9.17) is 47.2 Å². The van der Waals surface area contributed by atoms with Crippen molar-refractivity contribution < 1.29 is 33.3 Å². The van der Waals surface area contributed by atoms with Crippen molar-refractivity contribution in [3.63, 3.8) is 0 Å². The normalized spacial score (nSPS) is 25.9. The Morgan fingerprint density at radius 2 is 1.13 bits per heavy atom. The van der Waals surface area contributed by atoms with Crippen LogP contribution in [0.3, 0.4) is 0 Å². The summed E-state index contributed by atoms with van der Waals surface area (Å²) in [6, 6.07) is 0. The standard InChI is InChI=1S/C18H30Cl2N2O7S2/c1-17(11-28-15(23)21(17)19)13-30-9-7-26-5-3-25-4-6-27-8-10-31-14-18(2)12-29-16(24)22(18)20/h3-14H2,1-2H3. The lowest BCUT2D eigenvalue weighted by Gasteiger charge is -2.25. The van der Waals surface area contributed by atoms with Crippen LogP contribution >= 0.6 is 47.1 Å². The van der Waals surface area contributed by atoms with E-state index in [-0.39, 0.29) is 0 Å². The predicted octanol–water partition coefficient (Wildman–Crippen LogP) is 3.23. The molecule has 180 valence electrons. The molecule has 0 radical (unpaired) electrons. The summed E-state index contributed by atoms with van der Waals surface area (Å²) in [5.74, 6) is 2.98. The highest BCUT2D eigenvalue weighted by molar-refractivity contribution is 7.99. The van der Waals surface area contributed by atoms with E-state index in [1.165, 1.54) is 0 Å². The van der Waals surface area contributed by atoms with E-state index in [9.17, 15) is 9.59 Å². The van der Waals surface area contributed by atoms with Crippen LogP contribution in [0.15, 0.2) is 0 Å². The number of amides is 2. The molecule has 2 rings (SSSR count). The number of rotatable bonds is 16. The first-order valence-corrected chi connectivity index (χ1v) is 12.9. The summed E-state index contributed by atoms with van der Waals surface area (Å²) < 4.78 is 28.7. The molecule has 0 bridgehead atoms. The number of carbonyl (C=O) groups is 2. The smallest absolute Gasteiger partial charge is 0.425 e. The molecule has 2 saturated heterocycles. The number of halogens is 2. The number of hydrogen-bond acceptors (Lipinski definition) is 9. The number of nitrogens with zero attached hydrogens (tertiary/aromatic N) is 2. The fourth-order valence-electron chi connectivity index (χ4n) is 2.66. The van der Waals surface area contributed by atoms with Gasteiger partial charge in [-0.2, -0.15) is 23.5 Å². The van der Waals surface area contributed by atoms with Gasteiger partial charge in [0.15, 0.2) is 0 Å². The minimum atomic E-state index is -0.491. The molecule has 9 nitrogen and oxygen atoms in total. The lowest BCUT2D eigenvalue weighted by atomic mass is 10.1. The molecule has 2 aliphatic heterocycles. The summed E-state index contributed by atoms with van der Waals surface area (Å²) >= 11 is 15.2. The molecular weight excluding hydrogens is 491 g/mol. The third kappa shape index (κ3) is 8.53. The zero-order valence-corrected chi connectivity index (χ0v) is 21.0. The van der Waals surface area contributed by atoms with E-state index in [2.05, 4.69) is 0 Å². The topological polar surface area (TPSA) is 86.8 Å². The molecule has 0 aromatic carbocycles. The first-order valence-electron chi connectivity index (χ1n) is 9.93. The van der Waals surface area contributed by atoms with Gasteiger partial charge in [0.1, 0.15) is 24.3 Å². The molecule has 2 heterocycles. The molecule has 2 atom stereocenters. The Kier molecular flexibility index (Phi) is 11.7. The second-order valence-electron chi connectivity index (χ2n) is 7.61. The second-order valence-corrected chi connectivity index (χ2v) is 10.5. The molecule has 0 saturated carbocycles. The average molecular weight is 521 g/mol. The summed E-state index contributed by atoms with van der Waals surface area (Å²) in [7, 11) is 0. The van der Waals surface area contributed by atoms with Crippen molar-refractivity contribution >= 4 is 59.3 Å². The molecule has 0 N–H and O–H groups in total. The first kappa shape index (κ1) is 26.9. The first-order chi connectivity index (χ1) is 14.8. The Labute approximate surface area is 201 Å². The van der Waals surface area contributed by atoms with Crippen LogP contribution < -0.4 is 0 Å². The number of carbonyl (C=O) groups excluding carboxylic acids is 2. The van der Waals surface area contributed by atoms with Crippen molar-refractivity contribution in [2.24, 2.45) is 0 Å². The van der Waals surface area contributed by atoms with E-state index in [0.29, 0.717) is 64.4 Å². The maximum atomic E-state index is 11.3. The van der Waals surface area contributed by atoms with Gasteiger partial charge in [-0.1, -0.05) is 0 Å². The number of ether oxygens (including phenoxy) is 5. The highest BCUT2D eigenvalue weighted by atomic mass is 35.5. The molecule has 0 aromatic heterocycles. The highest BCUT2D eigenvalue weighted by Crippen LogP contribution is 2.30. The molecule has 0 spiro atoms. The predicted molar refractivity (Wildman–Crippen MR) is 122 cm³/mol. The number of hydrogen-bond donors (Lipinski definition) is 0. The van der Waals surface area contributed by atoms with Crippen LogP contribution in [0.1, 0.15) is 13.8 Å². The molecule has 2 fully saturated rings. The molecule has 31 heavy (non-hydrogen) atoms. The molecule has 2 unspecified atom stereocenters. The van der Waals surface area contributed by atoms with Crippen molar-refractivity contribution in [3.05, 3.63) is 0 Å². The van der Waals surface area contributed by atoms with E-state index in [1.54, 1.807) is 23.5 Å². The van der Waals surface area contributed by atoms with Crippen LogP contribution in [-0.4, -0.2) is 108 Å². The molecular formula is C18H30Cl2N2O7S2. The van der Waals surface area contributed by atoms with Crippen LogP contribution in [0.4, 0.5) is 9.59 Å². The van der Waals surface area contributed by atoms with Crippen LogP contribution in [0.2, 0.25) is 0 Å². The van der Waals surface area contributed by atoms with Gasteiger partial charge in [-0.15, -0.1) is 0 Å². The summed E-state index contributed by atoms with van der Waals surface area (Å²) in [4.78, 5) is 22.6. The van der Waals surface area contributed by atoms with Gasteiger partial charge in [-0.05, 0) is 13.8 Å². The van der Waals surface area contributed by atoms with Crippen LogP contribution in [0, 0.1) is 0 Å². The molecule has 2 aliphatic rings. The Morgan fingerprint density at radius 1 is 0.774 bits per heavy atom. The lowest BCUT2D eigenvalue weighted by molar-refractivity contribution is 0.0205. The lowest BCUT2D eigenvalue weighted by Crippen LogP contribution is -2.41. The summed E-state index contributed by atoms with van der Waals surface area (Å²) in [5, 5.41) is 0. The van der Waals surface area contributed by atoms with E-state index in [1.807, 2.05) is 13.8 Å². The maximum absolute atomic E-state index is 11.3. The Morgan fingerprint density at radius 3 is 1.45 bits per heavy atom. The van der Waals surface area contributed by atoms with Gasteiger partial charge in [0.05, 0.1) is 39.6 Å². The molecule has 0 aliphatic carbocycles. The summed E-state index contributed by atoms with van der Waals surface area (Å²) in [6.45, 7) is 7.66. The van der Waals surface area contributed by atoms with E-state index < -0.39 is 23.3 Å². The van der Waals surface area contributed by atoms with Crippen LogP contribution in [0.25, 0.3) is 0 Å². The van der Waals surface area contributed by atoms with Crippen molar-refractivity contribution in [2.45, 2.75) is 24.9 Å². The van der Waals surface area contributed by atoms with Gasteiger partial charge in [0.25, 0.3) is 0 Å². The molecule has 13 heteroatoms. The van der Waals surface area contributed by atoms with E-state index >= 15 is 0 Å². The molecule has 2 amide bonds. The van der Waals surface area contributed by atoms with Crippen LogP contribution in [-0.2, 0) is 23.7 Å². The fraction of sp³-hybridized carbons (Fsp3) is 0.889. The quantitative estimate of drug-likeness (QED) is 0.224. The van der Waals surface area contributed by atoms with E-state index in [0.717, 1.165) is 20.3 Å². The minimum Gasteiger partial charge on any atom is -0.446 e. The maximum Gasteiger partial charge on any atom is 0.425 e.